The van der Waals surface area contributed by atoms with Crippen molar-refractivity contribution >= 4 is 12.4 Å². The molecule has 3 nitrogen and oxygen atoms in total. The lowest BCUT2D eigenvalue weighted by Gasteiger charge is -2.12. The van der Waals surface area contributed by atoms with E-state index in [0.717, 1.165) is 44.9 Å². The standard InChI is InChI=1S/C22H31NO2.ClH/c1-3-4-15-24-16-7-14-23-17-21-8-5-6-9-22(21)25-18-20-12-10-19(2)11-13-20;/h5-6,8-13,23H,3-4,7,14-18H2,1-2H3;1H. The van der Waals surface area contributed by atoms with Gasteiger partial charge < -0.3 is 14.8 Å². The summed E-state index contributed by atoms with van der Waals surface area (Å²) in [7, 11) is 0. The Bertz CT molecular complexity index is 601. The largest absolute Gasteiger partial charge is 0.489 e. The molecule has 26 heavy (non-hydrogen) atoms. The van der Waals surface area contributed by atoms with Crippen molar-refractivity contribution in [2.45, 2.75) is 46.3 Å². The van der Waals surface area contributed by atoms with Gasteiger partial charge in [-0.05, 0) is 37.9 Å². The Morgan fingerprint density at radius 2 is 1.65 bits per heavy atom. The molecule has 0 heterocycles. The van der Waals surface area contributed by atoms with Crippen molar-refractivity contribution in [3.63, 3.8) is 0 Å². The molecule has 0 aliphatic carbocycles. The van der Waals surface area contributed by atoms with Gasteiger partial charge in [0.1, 0.15) is 12.4 Å². The zero-order chi connectivity index (χ0) is 17.7. The van der Waals surface area contributed by atoms with Gasteiger partial charge in [-0.3, -0.25) is 0 Å². The molecule has 0 spiro atoms. The second kappa shape index (κ2) is 13.6. The first-order chi connectivity index (χ1) is 12.3. The maximum Gasteiger partial charge on any atom is 0.124 e. The number of unbranched alkanes of at least 4 members (excludes halogenated alkanes) is 1. The third-order valence-corrected chi connectivity index (χ3v) is 4.09. The van der Waals surface area contributed by atoms with Crippen LogP contribution in [0.4, 0.5) is 0 Å². The normalized spacial score (nSPS) is 10.4. The van der Waals surface area contributed by atoms with Crippen molar-refractivity contribution in [3.05, 3.63) is 65.2 Å². The molecule has 0 saturated heterocycles. The van der Waals surface area contributed by atoms with Gasteiger partial charge in [-0.1, -0.05) is 61.4 Å². The molecule has 0 radical (unpaired) electrons. The van der Waals surface area contributed by atoms with E-state index in [-0.39, 0.29) is 12.4 Å². The quantitative estimate of drug-likeness (QED) is 0.509. The lowest BCUT2D eigenvalue weighted by Crippen LogP contribution is -2.17. The fraction of sp³-hybridized carbons (Fsp3) is 0.455. The number of hydrogen-bond donors (Lipinski definition) is 1. The Morgan fingerprint density at radius 3 is 2.42 bits per heavy atom. The summed E-state index contributed by atoms with van der Waals surface area (Å²) in [6.07, 6.45) is 3.38. The second-order valence-corrected chi connectivity index (χ2v) is 6.38. The molecule has 0 aliphatic rings. The number of aryl methyl sites for hydroxylation is 1. The molecule has 1 N–H and O–H groups in total. The summed E-state index contributed by atoms with van der Waals surface area (Å²) in [6.45, 7) is 8.37. The molecule has 4 heteroatoms. The highest BCUT2D eigenvalue weighted by Gasteiger charge is 2.03. The van der Waals surface area contributed by atoms with Gasteiger partial charge >= 0.3 is 0 Å². The Labute approximate surface area is 164 Å². The van der Waals surface area contributed by atoms with Crippen LogP contribution in [0.25, 0.3) is 0 Å². The maximum absolute atomic E-state index is 6.02. The molecule has 2 aromatic rings. The smallest absolute Gasteiger partial charge is 0.124 e. The molecular weight excluding hydrogens is 346 g/mol. The molecule has 0 unspecified atom stereocenters. The summed E-state index contributed by atoms with van der Waals surface area (Å²) < 4.78 is 11.6. The van der Waals surface area contributed by atoms with Crippen LogP contribution in [0.15, 0.2) is 48.5 Å². The van der Waals surface area contributed by atoms with Gasteiger partial charge in [-0.2, -0.15) is 0 Å². The van der Waals surface area contributed by atoms with Crippen molar-refractivity contribution in [1.82, 2.24) is 5.32 Å². The zero-order valence-corrected chi connectivity index (χ0v) is 16.8. The van der Waals surface area contributed by atoms with Crippen LogP contribution in [0.3, 0.4) is 0 Å². The third-order valence-electron chi connectivity index (χ3n) is 4.09. The Balaban J connectivity index is 0.00000338. The monoisotopic (exact) mass is 377 g/mol. The molecule has 0 atom stereocenters. The van der Waals surface area contributed by atoms with Crippen LogP contribution in [-0.2, 0) is 17.9 Å². The predicted octanol–water partition coefficient (Wildman–Crippen LogP) is 5.29. The first-order valence-corrected chi connectivity index (χ1v) is 9.34. The van der Waals surface area contributed by atoms with E-state index in [9.17, 15) is 0 Å². The van der Waals surface area contributed by atoms with E-state index in [1.165, 1.54) is 23.1 Å². The minimum atomic E-state index is 0. The third kappa shape index (κ3) is 8.70. The molecule has 0 aliphatic heterocycles. The van der Waals surface area contributed by atoms with Crippen molar-refractivity contribution in [3.8, 4) is 5.75 Å². The molecule has 0 bridgehead atoms. The summed E-state index contributed by atoms with van der Waals surface area (Å²) in [4.78, 5) is 0. The topological polar surface area (TPSA) is 30.5 Å². The lowest BCUT2D eigenvalue weighted by molar-refractivity contribution is 0.128. The van der Waals surface area contributed by atoms with Crippen LogP contribution in [0.2, 0.25) is 0 Å². The maximum atomic E-state index is 6.02. The molecule has 0 fully saturated rings. The minimum absolute atomic E-state index is 0. The summed E-state index contributed by atoms with van der Waals surface area (Å²) in [5, 5.41) is 3.48. The van der Waals surface area contributed by atoms with Gasteiger partial charge in [-0.15, -0.1) is 12.4 Å². The van der Waals surface area contributed by atoms with E-state index >= 15 is 0 Å². The fourth-order valence-corrected chi connectivity index (χ4v) is 2.51. The van der Waals surface area contributed by atoms with Crippen LogP contribution in [0.1, 0.15) is 42.9 Å². The number of halogens is 1. The zero-order valence-electron chi connectivity index (χ0n) is 16.0. The predicted molar refractivity (Wildman–Crippen MR) is 111 cm³/mol. The van der Waals surface area contributed by atoms with E-state index in [2.05, 4.69) is 55.6 Å². The first-order valence-electron chi connectivity index (χ1n) is 9.34. The SMILES string of the molecule is CCCCOCCCNCc1ccccc1OCc1ccc(C)cc1.Cl. The highest BCUT2D eigenvalue weighted by atomic mass is 35.5. The van der Waals surface area contributed by atoms with E-state index in [1.54, 1.807) is 0 Å². The number of para-hydroxylation sites is 1. The van der Waals surface area contributed by atoms with Gasteiger partial charge in [0.05, 0.1) is 0 Å². The van der Waals surface area contributed by atoms with E-state index in [0.29, 0.717) is 6.61 Å². The molecule has 2 aromatic carbocycles. The van der Waals surface area contributed by atoms with Crippen molar-refractivity contribution in [1.29, 1.82) is 0 Å². The molecule has 0 amide bonds. The summed E-state index contributed by atoms with van der Waals surface area (Å²) in [5.41, 5.74) is 3.66. The Morgan fingerprint density at radius 1 is 0.923 bits per heavy atom. The Hall–Kier alpha value is -1.55. The molecular formula is C22H32ClNO2. The number of ether oxygens (including phenoxy) is 2. The summed E-state index contributed by atoms with van der Waals surface area (Å²) in [5.74, 6) is 0.953. The minimum Gasteiger partial charge on any atom is -0.489 e. The van der Waals surface area contributed by atoms with E-state index in [4.69, 9.17) is 9.47 Å². The van der Waals surface area contributed by atoms with Gasteiger partial charge in [0, 0.05) is 25.3 Å². The second-order valence-electron chi connectivity index (χ2n) is 6.38. The van der Waals surface area contributed by atoms with Crippen LogP contribution >= 0.6 is 12.4 Å². The van der Waals surface area contributed by atoms with Gasteiger partial charge in [-0.25, -0.2) is 0 Å². The lowest BCUT2D eigenvalue weighted by atomic mass is 10.1. The average molecular weight is 378 g/mol. The number of rotatable bonds is 12. The molecule has 0 saturated carbocycles. The first kappa shape index (κ1) is 22.5. The number of nitrogens with one attached hydrogen (secondary N) is 1. The Kier molecular flexibility index (Phi) is 11.8. The molecule has 2 rings (SSSR count). The van der Waals surface area contributed by atoms with Crippen LogP contribution in [0.5, 0.6) is 5.75 Å². The highest BCUT2D eigenvalue weighted by Crippen LogP contribution is 2.19. The van der Waals surface area contributed by atoms with Crippen molar-refractivity contribution < 1.29 is 9.47 Å². The average Bonchev–Trinajstić information content (AvgIpc) is 2.64. The van der Waals surface area contributed by atoms with Crippen molar-refractivity contribution in [2.24, 2.45) is 0 Å². The number of benzene rings is 2. The van der Waals surface area contributed by atoms with Gasteiger partial charge in [0.2, 0.25) is 0 Å². The van der Waals surface area contributed by atoms with Gasteiger partial charge in [0.25, 0.3) is 0 Å². The summed E-state index contributed by atoms with van der Waals surface area (Å²) >= 11 is 0. The fourth-order valence-electron chi connectivity index (χ4n) is 2.51. The highest BCUT2D eigenvalue weighted by molar-refractivity contribution is 5.85. The van der Waals surface area contributed by atoms with E-state index < -0.39 is 0 Å². The van der Waals surface area contributed by atoms with Crippen LogP contribution < -0.4 is 10.1 Å². The molecule has 144 valence electrons. The van der Waals surface area contributed by atoms with Crippen molar-refractivity contribution in [2.75, 3.05) is 19.8 Å². The van der Waals surface area contributed by atoms with Gasteiger partial charge in [0.15, 0.2) is 0 Å². The molecule has 0 aromatic heterocycles. The van der Waals surface area contributed by atoms with E-state index in [1.807, 2.05) is 12.1 Å². The van der Waals surface area contributed by atoms with Crippen LogP contribution in [0, 0.1) is 6.92 Å². The summed E-state index contributed by atoms with van der Waals surface area (Å²) in [6, 6.07) is 16.7. The van der Waals surface area contributed by atoms with Crippen LogP contribution in [-0.4, -0.2) is 19.8 Å². The number of hydrogen-bond acceptors (Lipinski definition) is 3.